The van der Waals surface area contributed by atoms with Gasteiger partial charge in [0.15, 0.2) is 12.0 Å². The molecule has 1 aliphatic carbocycles. The Morgan fingerprint density at radius 1 is 1.26 bits per heavy atom. The summed E-state index contributed by atoms with van der Waals surface area (Å²) in [4.78, 5) is 26.6. The predicted octanol–water partition coefficient (Wildman–Crippen LogP) is 4.84. The number of carbonyl (C=O) groups is 2. The first-order valence-electron chi connectivity index (χ1n) is 12.2. The third-order valence-electron chi connectivity index (χ3n) is 7.36. The highest BCUT2D eigenvalue weighted by molar-refractivity contribution is 6.30. The van der Waals surface area contributed by atoms with Gasteiger partial charge in [-0.3, -0.25) is 14.9 Å². The fourth-order valence-electron chi connectivity index (χ4n) is 5.41. The van der Waals surface area contributed by atoms with Gasteiger partial charge in [0.25, 0.3) is 0 Å². The van der Waals surface area contributed by atoms with Crippen LogP contribution in [0.3, 0.4) is 0 Å². The molecule has 1 aliphatic heterocycles. The standard InChI is InChI=1S/C26H30ClN5O3/c1-3-19-16(2)28-25(30-23(19)33)32-22(15-20(31-32)21-7-6-14-35-21)29-24(34)26(12-4-5-13-26)17-8-10-18(27)11-9-17/h6-11,14-16,19,25,28H,3-5,12-13H2,1-2H3,(H,29,34)(H,30,33). The van der Waals surface area contributed by atoms with Crippen LogP contribution in [0.25, 0.3) is 11.5 Å². The minimum absolute atomic E-state index is 0.0375. The lowest BCUT2D eigenvalue weighted by Crippen LogP contribution is -2.57. The van der Waals surface area contributed by atoms with E-state index in [4.69, 9.17) is 21.1 Å². The molecule has 2 fully saturated rings. The van der Waals surface area contributed by atoms with Crippen molar-refractivity contribution in [3.8, 4) is 11.5 Å². The Kier molecular flexibility index (Phi) is 6.42. The van der Waals surface area contributed by atoms with Crippen LogP contribution in [0.5, 0.6) is 0 Å². The number of hydrogen-bond acceptors (Lipinski definition) is 5. The van der Waals surface area contributed by atoms with Gasteiger partial charge in [-0.25, -0.2) is 4.68 Å². The molecule has 8 nitrogen and oxygen atoms in total. The first-order chi connectivity index (χ1) is 16.9. The van der Waals surface area contributed by atoms with Crippen molar-refractivity contribution in [1.82, 2.24) is 20.4 Å². The number of anilines is 1. The number of benzene rings is 1. The highest BCUT2D eigenvalue weighted by atomic mass is 35.5. The van der Waals surface area contributed by atoms with Crippen molar-refractivity contribution in [2.24, 2.45) is 5.92 Å². The van der Waals surface area contributed by atoms with Crippen LogP contribution in [0.4, 0.5) is 5.82 Å². The molecule has 35 heavy (non-hydrogen) atoms. The highest BCUT2D eigenvalue weighted by Gasteiger charge is 2.43. The Morgan fingerprint density at radius 3 is 2.63 bits per heavy atom. The number of carbonyl (C=O) groups excluding carboxylic acids is 2. The lowest BCUT2D eigenvalue weighted by molar-refractivity contribution is -0.130. The largest absolute Gasteiger partial charge is 0.463 e. The number of nitrogens with one attached hydrogen (secondary N) is 3. The summed E-state index contributed by atoms with van der Waals surface area (Å²) in [5.74, 6) is 0.808. The molecule has 0 bridgehead atoms. The number of furan rings is 1. The summed E-state index contributed by atoms with van der Waals surface area (Å²) in [6.45, 7) is 3.98. The summed E-state index contributed by atoms with van der Waals surface area (Å²) in [5, 5.41) is 14.9. The number of nitrogens with zero attached hydrogens (tertiary/aromatic N) is 2. The molecule has 5 rings (SSSR count). The molecule has 1 saturated heterocycles. The van der Waals surface area contributed by atoms with Crippen molar-refractivity contribution in [3.63, 3.8) is 0 Å². The number of amides is 2. The fraction of sp³-hybridized carbons (Fsp3) is 0.423. The van der Waals surface area contributed by atoms with Crippen LogP contribution in [0.2, 0.25) is 5.02 Å². The fourth-order valence-corrected chi connectivity index (χ4v) is 5.53. The Bertz CT molecular complexity index is 1200. The minimum Gasteiger partial charge on any atom is -0.463 e. The summed E-state index contributed by atoms with van der Waals surface area (Å²) in [6.07, 6.45) is 5.17. The molecule has 1 saturated carbocycles. The summed E-state index contributed by atoms with van der Waals surface area (Å²) in [7, 11) is 0. The third-order valence-corrected chi connectivity index (χ3v) is 7.62. The molecule has 3 heterocycles. The Hall–Kier alpha value is -3.10. The SMILES string of the molecule is CCC1C(=O)NC(n2nc(-c3ccco3)cc2NC(=O)C2(c3ccc(Cl)cc3)CCCC2)NC1C. The van der Waals surface area contributed by atoms with Crippen molar-refractivity contribution in [3.05, 3.63) is 59.3 Å². The van der Waals surface area contributed by atoms with Crippen LogP contribution in [0.15, 0.2) is 53.1 Å². The van der Waals surface area contributed by atoms with E-state index < -0.39 is 11.7 Å². The van der Waals surface area contributed by atoms with Gasteiger partial charge < -0.3 is 15.1 Å². The van der Waals surface area contributed by atoms with Gasteiger partial charge in [0.1, 0.15) is 11.5 Å². The lowest BCUT2D eigenvalue weighted by atomic mass is 9.78. The predicted molar refractivity (Wildman–Crippen MR) is 134 cm³/mol. The number of aromatic nitrogens is 2. The average molecular weight is 496 g/mol. The van der Waals surface area contributed by atoms with Crippen LogP contribution < -0.4 is 16.0 Å². The van der Waals surface area contributed by atoms with Crippen LogP contribution in [0.1, 0.15) is 57.8 Å². The number of halogens is 1. The lowest BCUT2D eigenvalue weighted by Gasteiger charge is -2.36. The second-order valence-corrected chi connectivity index (χ2v) is 9.90. The maximum absolute atomic E-state index is 13.9. The molecule has 1 aromatic carbocycles. The molecule has 0 spiro atoms. The van der Waals surface area contributed by atoms with Gasteiger partial charge in [-0.1, -0.05) is 43.5 Å². The third kappa shape index (κ3) is 4.36. The smallest absolute Gasteiger partial charge is 0.236 e. The van der Waals surface area contributed by atoms with Gasteiger partial charge in [-0.05, 0) is 56.0 Å². The molecule has 2 aromatic heterocycles. The second kappa shape index (κ2) is 9.51. The minimum atomic E-state index is -0.644. The molecule has 3 N–H and O–H groups in total. The monoisotopic (exact) mass is 495 g/mol. The zero-order chi connectivity index (χ0) is 24.6. The summed E-state index contributed by atoms with van der Waals surface area (Å²) < 4.78 is 7.17. The summed E-state index contributed by atoms with van der Waals surface area (Å²) >= 11 is 6.11. The number of rotatable bonds is 6. The van der Waals surface area contributed by atoms with E-state index in [1.807, 2.05) is 44.2 Å². The van der Waals surface area contributed by atoms with E-state index in [1.165, 1.54) is 0 Å². The van der Waals surface area contributed by atoms with Crippen LogP contribution in [0, 0.1) is 5.92 Å². The quantitative estimate of drug-likeness (QED) is 0.454. The van der Waals surface area contributed by atoms with E-state index in [0.717, 1.165) is 37.7 Å². The van der Waals surface area contributed by atoms with Crippen molar-refractivity contribution in [1.29, 1.82) is 0 Å². The zero-order valence-electron chi connectivity index (χ0n) is 19.9. The Morgan fingerprint density at radius 2 is 2.00 bits per heavy atom. The number of hydrogen-bond donors (Lipinski definition) is 3. The van der Waals surface area contributed by atoms with E-state index in [1.54, 1.807) is 23.1 Å². The molecule has 2 amide bonds. The van der Waals surface area contributed by atoms with Gasteiger partial charge >= 0.3 is 0 Å². The van der Waals surface area contributed by atoms with Crippen molar-refractivity contribution >= 4 is 29.2 Å². The summed E-state index contributed by atoms with van der Waals surface area (Å²) in [5.41, 5.74) is 0.880. The van der Waals surface area contributed by atoms with Gasteiger partial charge in [0, 0.05) is 17.1 Å². The summed E-state index contributed by atoms with van der Waals surface area (Å²) in [6, 6.07) is 12.9. The van der Waals surface area contributed by atoms with E-state index in [9.17, 15) is 9.59 Å². The first kappa shape index (κ1) is 23.6. The molecule has 2 aliphatic rings. The van der Waals surface area contributed by atoms with Crippen molar-refractivity contribution < 1.29 is 14.0 Å². The first-order valence-corrected chi connectivity index (χ1v) is 12.6. The van der Waals surface area contributed by atoms with E-state index in [-0.39, 0.29) is 23.8 Å². The van der Waals surface area contributed by atoms with E-state index in [2.05, 4.69) is 16.0 Å². The molecular weight excluding hydrogens is 466 g/mol. The van der Waals surface area contributed by atoms with Gasteiger partial charge in [-0.2, -0.15) is 5.10 Å². The molecule has 184 valence electrons. The van der Waals surface area contributed by atoms with Crippen LogP contribution in [-0.2, 0) is 15.0 Å². The van der Waals surface area contributed by atoms with Crippen LogP contribution in [-0.4, -0.2) is 27.6 Å². The van der Waals surface area contributed by atoms with Crippen molar-refractivity contribution in [2.45, 2.75) is 63.7 Å². The topological polar surface area (TPSA) is 101 Å². The van der Waals surface area contributed by atoms with E-state index in [0.29, 0.717) is 22.3 Å². The zero-order valence-corrected chi connectivity index (χ0v) is 20.6. The maximum atomic E-state index is 13.9. The molecule has 9 heteroatoms. The van der Waals surface area contributed by atoms with E-state index >= 15 is 0 Å². The van der Waals surface area contributed by atoms with Crippen LogP contribution >= 0.6 is 11.6 Å². The molecule has 0 radical (unpaired) electrons. The van der Waals surface area contributed by atoms with Gasteiger partial charge in [0.2, 0.25) is 11.8 Å². The van der Waals surface area contributed by atoms with Crippen molar-refractivity contribution in [2.75, 3.05) is 5.32 Å². The van der Waals surface area contributed by atoms with Gasteiger partial charge in [-0.15, -0.1) is 0 Å². The molecule has 3 unspecified atom stereocenters. The average Bonchev–Trinajstić information content (AvgIpc) is 3.60. The Balaban J connectivity index is 1.49. The molecule has 3 aromatic rings. The highest BCUT2D eigenvalue weighted by Crippen LogP contribution is 2.42. The normalized spacial score (nSPS) is 23.7. The maximum Gasteiger partial charge on any atom is 0.236 e. The molecule has 3 atom stereocenters. The second-order valence-electron chi connectivity index (χ2n) is 9.47. The Labute approximate surface area is 209 Å². The van der Waals surface area contributed by atoms with Gasteiger partial charge in [0.05, 0.1) is 17.6 Å². The molecular formula is C26H30ClN5O3.